The molecule has 0 fully saturated rings. The Hall–Kier alpha value is 0. The SMILES string of the molecule is CCC(C)(C)C(C)(C)C(C)(C)CC. The second-order valence-electron chi connectivity index (χ2n) is 6.10. The Morgan fingerprint density at radius 2 is 0.846 bits per heavy atom. The molecular weight excluding hydrogens is 156 g/mol. The number of rotatable bonds is 4. The summed E-state index contributed by atoms with van der Waals surface area (Å²) in [6.45, 7) is 19.0. The second kappa shape index (κ2) is 3.63. The van der Waals surface area contributed by atoms with Crippen LogP contribution >= 0.6 is 0 Å². The van der Waals surface area contributed by atoms with E-state index >= 15 is 0 Å². The van der Waals surface area contributed by atoms with Crippen LogP contribution in [0.2, 0.25) is 0 Å². The molecule has 0 atom stereocenters. The Balaban J connectivity index is 4.95. The molecule has 13 heavy (non-hydrogen) atoms. The molecule has 0 spiro atoms. The molecule has 0 rings (SSSR count). The molecule has 0 aromatic carbocycles. The first kappa shape index (κ1) is 13.0. The van der Waals surface area contributed by atoms with Crippen molar-refractivity contribution in [3.8, 4) is 0 Å². The fourth-order valence-corrected chi connectivity index (χ4v) is 1.80. The van der Waals surface area contributed by atoms with Gasteiger partial charge in [-0.1, -0.05) is 68.2 Å². The normalized spacial score (nSPS) is 14.8. The van der Waals surface area contributed by atoms with Crippen molar-refractivity contribution in [2.75, 3.05) is 0 Å². The van der Waals surface area contributed by atoms with E-state index in [1.165, 1.54) is 12.8 Å². The predicted octanol–water partition coefficient (Wildman–Crippen LogP) is 4.89. The summed E-state index contributed by atoms with van der Waals surface area (Å²) in [6.07, 6.45) is 2.51. The van der Waals surface area contributed by atoms with Crippen molar-refractivity contribution >= 4 is 0 Å². The molecular formula is C13H28. The van der Waals surface area contributed by atoms with Gasteiger partial charge in [0.15, 0.2) is 0 Å². The summed E-state index contributed by atoms with van der Waals surface area (Å²) in [5.41, 5.74) is 1.24. The zero-order valence-electron chi connectivity index (χ0n) is 10.9. The van der Waals surface area contributed by atoms with E-state index in [4.69, 9.17) is 0 Å². The zero-order chi connectivity index (χ0) is 10.9. The molecule has 0 amide bonds. The highest BCUT2D eigenvalue weighted by Gasteiger charge is 2.45. The smallest absolute Gasteiger partial charge is 0.0252 e. The van der Waals surface area contributed by atoms with Crippen molar-refractivity contribution in [2.24, 2.45) is 16.2 Å². The quantitative estimate of drug-likeness (QED) is 0.584. The van der Waals surface area contributed by atoms with Crippen LogP contribution in [0.1, 0.15) is 68.2 Å². The largest absolute Gasteiger partial charge is 0.0649 e. The summed E-state index contributed by atoms with van der Waals surface area (Å²) >= 11 is 0. The molecule has 0 aliphatic heterocycles. The van der Waals surface area contributed by atoms with Crippen LogP contribution < -0.4 is 0 Å². The van der Waals surface area contributed by atoms with Crippen molar-refractivity contribution in [3.05, 3.63) is 0 Å². The molecule has 0 radical (unpaired) electrons. The van der Waals surface area contributed by atoms with Gasteiger partial charge in [-0.25, -0.2) is 0 Å². The van der Waals surface area contributed by atoms with Gasteiger partial charge in [-0.3, -0.25) is 0 Å². The van der Waals surface area contributed by atoms with Gasteiger partial charge in [-0.15, -0.1) is 0 Å². The summed E-state index contributed by atoms with van der Waals surface area (Å²) in [5, 5.41) is 0. The molecule has 80 valence electrons. The lowest BCUT2D eigenvalue weighted by Gasteiger charge is -2.52. The third kappa shape index (κ3) is 2.08. The van der Waals surface area contributed by atoms with E-state index in [9.17, 15) is 0 Å². The lowest BCUT2D eigenvalue weighted by atomic mass is 9.53. The third-order valence-electron chi connectivity index (χ3n) is 5.15. The molecule has 0 saturated heterocycles. The minimum atomic E-state index is 0.392. The molecule has 0 N–H and O–H groups in total. The first-order valence-electron chi connectivity index (χ1n) is 5.62. The van der Waals surface area contributed by atoms with Crippen LogP contribution in [0.25, 0.3) is 0 Å². The summed E-state index contributed by atoms with van der Waals surface area (Å²) < 4.78 is 0. The van der Waals surface area contributed by atoms with Gasteiger partial charge in [0.1, 0.15) is 0 Å². The molecule has 0 aromatic heterocycles. The predicted molar refractivity (Wildman–Crippen MR) is 61.9 cm³/mol. The third-order valence-corrected chi connectivity index (χ3v) is 5.15. The maximum absolute atomic E-state index is 2.42. The van der Waals surface area contributed by atoms with Crippen LogP contribution in [0, 0.1) is 16.2 Å². The molecule has 0 nitrogen and oxygen atoms in total. The lowest BCUT2D eigenvalue weighted by Crippen LogP contribution is -2.43. The molecule has 0 unspecified atom stereocenters. The van der Waals surface area contributed by atoms with E-state index in [0.717, 1.165) is 0 Å². The van der Waals surface area contributed by atoms with Crippen LogP contribution in [-0.4, -0.2) is 0 Å². The highest BCUT2D eigenvalue weighted by atomic mass is 14.5. The van der Waals surface area contributed by atoms with Crippen LogP contribution in [0.15, 0.2) is 0 Å². The van der Waals surface area contributed by atoms with E-state index in [0.29, 0.717) is 16.2 Å². The van der Waals surface area contributed by atoms with Crippen molar-refractivity contribution in [1.29, 1.82) is 0 Å². The maximum Gasteiger partial charge on any atom is -0.0252 e. The molecule has 0 heteroatoms. The molecule has 0 aliphatic rings. The molecule has 0 aromatic rings. The van der Waals surface area contributed by atoms with Gasteiger partial charge < -0.3 is 0 Å². The average Bonchev–Trinajstić information content (AvgIpc) is 2.03. The molecule has 0 saturated carbocycles. The maximum atomic E-state index is 2.42. The number of hydrogen-bond acceptors (Lipinski definition) is 0. The Kier molecular flexibility index (Phi) is 3.63. The summed E-state index contributed by atoms with van der Waals surface area (Å²) in [5.74, 6) is 0. The van der Waals surface area contributed by atoms with Gasteiger partial charge in [-0.05, 0) is 16.2 Å². The van der Waals surface area contributed by atoms with E-state index in [1.54, 1.807) is 0 Å². The van der Waals surface area contributed by atoms with Crippen molar-refractivity contribution in [3.63, 3.8) is 0 Å². The fourth-order valence-electron chi connectivity index (χ4n) is 1.80. The fraction of sp³-hybridized carbons (Fsp3) is 1.00. The first-order valence-corrected chi connectivity index (χ1v) is 5.62. The van der Waals surface area contributed by atoms with E-state index in [1.807, 2.05) is 0 Å². The van der Waals surface area contributed by atoms with Crippen LogP contribution in [0.5, 0.6) is 0 Å². The first-order chi connectivity index (χ1) is 5.62. The van der Waals surface area contributed by atoms with Gasteiger partial charge in [-0.2, -0.15) is 0 Å². The molecule has 0 aliphatic carbocycles. The average molecular weight is 184 g/mol. The summed E-state index contributed by atoms with van der Waals surface area (Å²) in [6, 6.07) is 0. The van der Waals surface area contributed by atoms with Gasteiger partial charge in [0.25, 0.3) is 0 Å². The number of hydrogen-bond donors (Lipinski definition) is 0. The van der Waals surface area contributed by atoms with Crippen molar-refractivity contribution < 1.29 is 0 Å². The minimum absolute atomic E-state index is 0.392. The van der Waals surface area contributed by atoms with Gasteiger partial charge in [0.05, 0.1) is 0 Å². The molecule has 0 bridgehead atoms. The zero-order valence-corrected chi connectivity index (χ0v) is 10.9. The van der Waals surface area contributed by atoms with E-state index in [-0.39, 0.29) is 0 Å². The summed E-state index contributed by atoms with van der Waals surface area (Å²) in [7, 11) is 0. The van der Waals surface area contributed by atoms with Gasteiger partial charge in [0.2, 0.25) is 0 Å². The Morgan fingerprint density at radius 3 is 1.00 bits per heavy atom. The monoisotopic (exact) mass is 184 g/mol. The highest BCUT2D eigenvalue weighted by molar-refractivity contribution is 4.94. The molecule has 0 heterocycles. The standard InChI is InChI=1S/C13H28/c1-9-11(3,4)13(7,8)12(5,6)10-2/h9-10H2,1-8H3. The summed E-state index contributed by atoms with van der Waals surface area (Å²) in [4.78, 5) is 0. The Bertz CT molecular complexity index is 143. The van der Waals surface area contributed by atoms with Crippen molar-refractivity contribution in [2.45, 2.75) is 68.2 Å². The lowest BCUT2D eigenvalue weighted by molar-refractivity contribution is -0.0243. The van der Waals surface area contributed by atoms with Gasteiger partial charge in [0, 0.05) is 0 Å². The van der Waals surface area contributed by atoms with Crippen LogP contribution in [-0.2, 0) is 0 Å². The van der Waals surface area contributed by atoms with Crippen molar-refractivity contribution in [1.82, 2.24) is 0 Å². The minimum Gasteiger partial charge on any atom is -0.0649 e. The van der Waals surface area contributed by atoms with Crippen LogP contribution in [0.4, 0.5) is 0 Å². The Morgan fingerprint density at radius 1 is 0.615 bits per heavy atom. The van der Waals surface area contributed by atoms with E-state index in [2.05, 4.69) is 55.4 Å². The highest BCUT2D eigenvalue weighted by Crippen LogP contribution is 2.54. The van der Waals surface area contributed by atoms with E-state index < -0.39 is 0 Å². The van der Waals surface area contributed by atoms with Crippen LogP contribution in [0.3, 0.4) is 0 Å². The van der Waals surface area contributed by atoms with Gasteiger partial charge >= 0.3 is 0 Å². The second-order valence-corrected chi connectivity index (χ2v) is 6.10. The topological polar surface area (TPSA) is 0 Å². The Labute approximate surface area is 85.1 Å².